The van der Waals surface area contributed by atoms with E-state index in [1.54, 1.807) is 30.2 Å². The van der Waals surface area contributed by atoms with Crippen molar-refractivity contribution in [3.05, 3.63) is 18.5 Å². The Morgan fingerprint density at radius 3 is 2.38 bits per heavy atom. The number of nitrogens with zero attached hydrogens (tertiary/aromatic N) is 4. The van der Waals surface area contributed by atoms with Gasteiger partial charge in [0.05, 0.1) is 6.04 Å². The van der Waals surface area contributed by atoms with Gasteiger partial charge in [0.25, 0.3) is 0 Å². The van der Waals surface area contributed by atoms with E-state index >= 15 is 0 Å². The van der Waals surface area contributed by atoms with Crippen LogP contribution in [0.4, 0.5) is 5.95 Å². The molecule has 0 bridgehead atoms. The number of anilines is 1. The van der Waals surface area contributed by atoms with Gasteiger partial charge in [-0.1, -0.05) is 0 Å². The number of hydrogen-bond acceptors (Lipinski definition) is 6. The molecule has 7 heteroatoms. The quantitative estimate of drug-likeness (QED) is 0.877. The Bertz CT molecular complexity index is 474. The maximum atomic E-state index is 12.5. The van der Waals surface area contributed by atoms with E-state index in [1.807, 2.05) is 25.0 Å². The van der Waals surface area contributed by atoms with Crippen molar-refractivity contribution < 1.29 is 4.79 Å². The highest BCUT2D eigenvalue weighted by atomic mass is 32.2. The van der Waals surface area contributed by atoms with Gasteiger partial charge in [-0.25, -0.2) is 9.97 Å². The van der Waals surface area contributed by atoms with Gasteiger partial charge >= 0.3 is 0 Å². The predicted octanol–water partition coefficient (Wildman–Crippen LogP) is 0.594. The average molecular weight is 309 g/mol. The van der Waals surface area contributed by atoms with E-state index in [-0.39, 0.29) is 10.7 Å². The van der Waals surface area contributed by atoms with E-state index in [0.717, 1.165) is 19.0 Å². The van der Waals surface area contributed by atoms with E-state index < -0.39 is 6.04 Å². The molecule has 1 saturated heterocycles. The molecule has 6 nitrogen and oxygen atoms in total. The van der Waals surface area contributed by atoms with Gasteiger partial charge in [0.15, 0.2) is 0 Å². The molecule has 2 heterocycles. The number of nitrogens with two attached hydrogens (primary N) is 1. The summed E-state index contributed by atoms with van der Waals surface area (Å²) in [6.45, 7) is 6.82. The van der Waals surface area contributed by atoms with Crippen molar-refractivity contribution in [2.24, 2.45) is 5.73 Å². The molecule has 2 rings (SSSR count). The molecule has 1 aromatic rings. The molecule has 0 spiro atoms. The van der Waals surface area contributed by atoms with Crippen molar-refractivity contribution in [2.75, 3.05) is 37.3 Å². The van der Waals surface area contributed by atoms with Crippen LogP contribution in [0.3, 0.4) is 0 Å². The largest absolute Gasteiger partial charge is 0.338 e. The highest BCUT2D eigenvalue weighted by molar-refractivity contribution is 8.00. The fourth-order valence-electron chi connectivity index (χ4n) is 2.20. The molecule has 0 aromatic carbocycles. The second kappa shape index (κ2) is 6.62. The Hall–Kier alpha value is -1.34. The van der Waals surface area contributed by atoms with Crippen molar-refractivity contribution >= 4 is 23.6 Å². The standard InChI is InChI=1S/C14H23N5OS/c1-14(2,21-3)11(15)12(20)18-7-9-19(10-8-18)13-16-5-4-6-17-13/h4-6,11H,7-10,15H2,1-3H3/t11-/m1/s1. The zero-order valence-electron chi connectivity index (χ0n) is 12.8. The van der Waals surface area contributed by atoms with Gasteiger partial charge < -0.3 is 15.5 Å². The molecule has 1 fully saturated rings. The first kappa shape index (κ1) is 16.0. The van der Waals surface area contributed by atoms with Gasteiger partial charge in [0.2, 0.25) is 11.9 Å². The van der Waals surface area contributed by atoms with Gasteiger partial charge in [-0.3, -0.25) is 4.79 Å². The molecule has 0 saturated carbocycles. The molecular weight excluding hydrogens is 286 g/mol. The molecule has 1 atom stereocenters. The van der Waals surface area contributed by atoms with Crippen molar-refractivity contribution in [3.63, 3.8) is 0 Å². The lowest BCUT2D eigenvalue weighted by Crippen LogP contribution is -2.58. The van der Waals surface area contributed by atoms with Crippen LogP contribution < -0.4 is 10.6 Å². The SMILES string of the molecule is CSC(C)(C)[C@H](N)C(=O)N1CCN(c2ncccn2)CC1. The summed E-state index contributed by atoms with van der Waals surface area (Å²) in [6, 6.07) is 1.32. The minimum Gasteiger partial charge on any atom is -0.338 e. The summed E-state index contributed by atoms with van der Waals surface area (Å²) < 4.78 is -0.253. The van der Waals surface area contributed by atoms with E-state index in [1.165, 1.54) is 0 Å². The van der Waals surface area contributed by atoms with Crippen molar-refractivity contribution in [1.29, 1.82) is 0 Å². The smallest absolute Gasteiger partial charge is 0.241 e. The fraction of sp³-hybridized carbons (Fsp3) is 0.643. The molecule has 2 N–H and O–H groups in total. The van der Waals surface area contributed by atoms with Crippen LogP contribution in [0.2, 0.25) is 0 Å². The van der Waals surface area contributed by atoms with Crippen molar-refractivity contribution in [2.45, 2.75) is 24.6 Å². The van der Waals surface area contributed by atoms with Crippen LogP contribution >= 0.6 is 11.8 Å². The van der Waals surface area contributed by atoms with Gasteiger partial charge in [0, 0.05) is 43.3 Å². The first-order valence-electron chi connectivity index (χ1n) is 7.07. The Labute approximate surface area is 130 Å². The molecule has 1 aliphatic heterocycles. The van der Waals surface area contributed by atoms with Crippen LogP contribution in [-0.4, -0.2) is 64.0 Å². The van der Waals surface area contributed by atoms with Crippen LogP contribution in [0.1, 0.15) is 13.8 Å². The number of piperazine rings is 1. The number of hydrogen-bond donors (Lipinski definition) is 1. The number of rotatable bonds is 4. The highest BCUT2D eigenvalue weighted by Gasteiger charge is 2.35. The third-order valence-corrected chi connectivity index (χ3v) is 5.27. The fourth-order valence-corrected chi connectivity index (χ4v) is 2.56. The summed E-state index contributed by atoms with van der Waals surface area (Å²) in [4.78, 5) is 24.9. The second-order valence-electron chi connectivity index (χ2n) is 5.65. The van der Waals surface area contributed by atoms with Gasteiger partial charge in [-0.05, 0) is 26.2 Å². The summed E-state index contributed by atoms with van der Waals surface area (Å²) in [5.41, 5.74) is 6.13. The van der Waals surface area contributed by atoms with Gasteiger partial charge in [-0.15, -0.1) is 0 Å². The lowest BCUT2D eigenvalue weighted by molar-refractivity contribution is -0.133. The third-order valence-electron chi connectivity index (χ3n) is 3.97. The predicted molar refractivity (Wildman–Crippen MR) is 86.4 cm³/mol. The number of carbonyl (C=O) groups is 1. The van der Waals surface area contributed by atoms with E-state index in [0.29, 0.717) is 13.1 Å². The summed E-state index contributed by atoms with van der Waals surface area (Å²) >= 11 is 1.62. The monoisotopic (exact) mass is 309 g/mol. The number of aromatic nitrogens is 2. The van der Waals surface area contributed by atoms with Crippen LogP contribution in [0, 0.1) is 0 Å². The summed E-state index contributed by atoms with van der Waals surface area (Å²) in [5, 5.41) is 0. The number of thioether (sulfide) groups is 1. The normalized spacial score (nSPS) is 17.7. The molecule has 21 heavy (non-hydrogen) atoms. The molecule has 1 amide bonds. The average Bonchev–Trinajstić information content (AvgIpc) is 2.54. The van der Waals surface area contributed by atoms with Crippen molar-refractivity contribution in [3.8, 4) is 0 Å². The van der Waals surface area contributed by atoms with E-state index in [9.17, 15) is 4.79 Å². The molecular formula is C14H23N5OS. The van der Waals surface area contributed by atoms with Crippen LogP contribution in [0.15, 0.2) is 18.5 Å². The zero-order chi connectivity index (χ0) is 15.5. The lowest BCUT2D eigenvalue weighted by atomic mass is 10.0. The minimum absolute atomic E-state index is 0.0305. The Balaban J connectivity index is 1.93. The molecule has 0 unspecified atom stereocenters. The van der Waals surface area contributed by atoms with Gasteiger partial charge in [-0.2, -0.15) is 11.8 Å². The first-order valence-corrected chi connectivity index (χ1v) is 8.29. The molecule has 0 radical (unpaired) electrons. The third kappa shape index (κ3) is 3.65. The topological polar surface area (TPSA) is 75.4 Å². The first-order chi connectivity index (χ1) is 9.95. The maximum Gasteiger partial charge on any atom is 0.241 e. The Morgan fingerprint density at radius 1 is 1.29 bits per heavy atom. The summed E-state index contributed by atoms with van der Waals surface area (Å²) in [7, 11) is 0. The Morgan fingerprint density at radius 2 is 1.86 bits per heavy atom. The van der Waals surface area contributed by atoms with Crippen LogP contribution in [0.5, 0.6) is 0 Å². The maximum absolute atomic E-state index is 12.5. The van der Waals surface area contributed by atoms with E-state index in [2.05, 4.69) is 14.9 Å². The van der Waals surface area contributed by atoms with Crippen molar-refractivity contribution in [1.82, 2.24) is 14.9 Å². The molecule has 0 aliphatic carbocycles. The number of carbonyl (C=O) groups excluding carboxylic acids is 1. The minimum atomic E-state index is -0.480. The lowest BCUT2D eigenvalue weighted by Gasteiger charge is -2.38. The molecule has 1 aromatic heterocycles. The van der Waals surface area contributed by atoms with Crippen LogP contribution in [-0.2, 0) is 4.79 Å². The summed E-state index contributed by atoms with van der Waals surface area (Å²) in [5.74, 6) is 0.751. The molecule has 116 valence electrons. The molecule has 1 aliphatic rings. The van der Waals surface area contributed by atoms with Crippen LogP contribution in [0.25, 0.3) is 0 Å². The Kier molecular flexibility index (Phi) is 5.05. The van der Waals surface area contributed by atoms with E-state index in [4.69, 9.17) is 5.73 Å². The highest BCUT2D eigenvalue weighted by Crippen LogP contribution is 2.25. The second-order valence-corrected chi connectivity index (χ2v) is 7.11. The number of amides is 1. The van der Waals surface area contributed by atoms with Gasteiger partial charge in [0.1, 0.15) is 0 Å². The summed E-state index contributed by atoms with van der Waals surface area (Å²) in [6.07, 6.45) is 5.45. The zero-order valence-corrected chi connectivity index (χ0v) is 13.6.